The first-order chi connectivity index (χ1) is 8.17. The Morgan fingerprint density at radius 2 is 1.94 bits per heavy atom. The molecule has 0 spiro atoms. The molecule has 0 aliphatic heterocycles. The minimum atomic E-state index is 0.0692. The largest absolute Gasteiger partial charge is 0.384 e. The Bertz CT molecular complexity index is 365. The lowest BCUT2D eigenvalue weighted by Crippen LogP contribution is -2.17. The van der Waals surface area contributed by atoms with Crippen molar-refractivity contribution in [3.8, 4) is 6.07 Å². The molecule has 0 fully saturated rings. The van der Waals surface area contributed by atoms with Crippen LogP contribution in [0.25, 0.3) is 0 Å². The first kappa shape index (κ1) is 13.9. The molecule has 0 aromatic heterocycles. The number of nitrogens with zero attached hydrogens (tertiary/aromatic N) is 1. The topological polar surface area (TPSA) is 35.8 Å². The molecule has 3 heteroatoms. The highest BCUT2D eigenvalue weighted by molar-refractivity contribution is 7.99. The lowest BCUT2D eigenvalue weighted by Gasteiger charge is -2.14. The zero-order chi connectivity index (χ0) is 12.7. The molecule has 17 heavy (non-hydrogen) atoms. The summed E-state index contributed by atoms with van der Waals surface area (Å²) in [5, 5.41) is 12.3. The summed E-state index contributed by atoms with van der Waals surface area (Å²) in [6, 6.07) is 10.7. The number of thioether (sulfide) groups is 1. The van der Waals surface area contributed by atoms with Crippen LogP contribution in [0.3, 0.4) is 0 Å². The summed E-state index contributed by atoms with van der Waals surface area (Å²) in [5.41, 5.74) is 1.09. The van der Waals surface area contributed by atoms with Crippen molar-refractivity contribution in [2.45, 2.75) is 25.7 Å². The van der Waals surface area contributed by atoms with Crippen molar-refractivity contribution in [1.29, 1.82) is 5.26 Å². The molecule has 2 nitrogen and oxygen atoms in total. The molecule has 0 aliphatic carbocycles. The van der Waals surface area contributed by atoms with Crippen LogP contribution in [-0.2, 0) is 0 Å². The van der Waals surface area contributed by atoms with E-state index in [9.17, 15) is 0 Å². The fourth-order valence-electron chi connectivity index (χ4n) is 1.49. The summed E-state index contributed by atoms with van der Waals surface area (Å²) in [6.07, 6.45) is 0. The molecule has 1 unspecified atom stereocenters. The van der Waals surface area contributed by atoms with Crippen molar-refractivity contribution in [2.75, 3.05) is 17.6 Å². The molecule has 92 valence electrons. The average Bonchev–Trinajstić information content (AvgIpc) is 2.32. The van der Waals surface area contributed by atoms with Gasteiger partial charge in [0.1, 0.15) is 0 Å². The van der Waals surface area contributed by atoms with Crippen LogP contribution in [0.5, 0.6) is 0 Å². The monoisotopic (exact) mass is 248 g/mol. The van der Waals surface area contributed by atoms with Gasteiger partial charge in [-0.2, -0.15) is 5.26 Å². The third kappa shape index (κ3) is 4.70. The number of benzene rings is 1. The van der Waals surface area contributed by atoms with Crippen LogP contribution in [0, 0.1) is 23.2 Å². The highest BCUT2D eigenvalue weighted by atomic mass is 32.2. The van der Waals surface area contributed by atoms with E-state index in [0.717, 1.165) is 11.4 Å². The van der Waals surface area contributed by atoms with E-state index in [0.29, 0.717) is 12.5 Å². The number of hydrogen-bond acceptors (Lipinski definition) is 3. The van der Waals surface area contributed by atoms with E-state index in [1.165, 1.54) is 4.90 Å². The van der Waals surface area contributed by atoms with Gasteiger partial charge in [-0.3, -0.25) is 0 Å². The fraction of sp³-hybridized carbons (Fsp3) is 0.500. The maximum Gasteiger partial charge on any atom is 0.0677 e. The molecule has 0 aliphatic rings. The van der Waals surface area contributed by atoms with Gasteiger partial charge in [-0.1, -0.05) is 20.8 Å². The zero-order valence-corrected chi connectivity index (χ0v) is 11.6. The molecule has 0 saturated heterocycles. The van der Waals surface area contributed by atoms with Gasteiger partial charge in [0.05, 0.1) is 12.0 Å². The summed E-state index contributed by atoms with van der Waals surface area (Å²) in [7, 11) is 0. The Labute approximate surface area is 108 Å². The molecular formula is C14H20N2S. The van der Waals surface area contributed by atoms with Crippen molar-refractivity contribution in [3.63, 3.8) is 0 Å². The maximum atomic E-state index is 9.00. The second kappa shape index (κ2) is 7.24. The van der Waals surface area contributed by atoms with E-state index in [2.05, 4.69) is 56.4 Å². The molecule has 1 aromatic carbocycles. The quantitative estimate of drug-likeness (QED) is 0.773. The Balaban J connectivity index is 2.49. The summed E-state index contributed by atoms with van der Waals surface area (Å²) in [6.45, 7) is 7.03. The lowest BCUT2D eigenvalue weighted by atomic mass is 9.97. The van der Waals surface area contributed by atoms with Crippen LogP contribution in [0.15, 0.2) is 29.2 Å². The van der Waals surface area contributed by atoms with Crippen molar-refractivity contribution in [3.05, 3.63) is 24.3 Å². The highest BCUT2D eigenvalue weighted by Gasteiger charge is 2.11. The van der Waals surface area contributed by atoms with E-state index < -0.39 is 0 Å². The van der Waals surface area contributed by atoms with Crippen molar-refractivity contribution in [2.24, 2.45) is 11.8 Å². The summed E-state index contributed by atoms with van der Waals surface area (Å²) in [4.78, 5) is 1.29. The third-order valence-electron chi connectivity index (χ3n) is 2.66. The van der Waals surface area contributed by atoms with Crippen LogP contribution in [-0.4, -0.2) is 12.3 Å². The van der Waals surface area contributed by atoms with Crippen LogP contribution in [0.1, 0.15) is 20.8 Å². The van der Waals surface area contributed by atoms with Gasteiger partial charge in [0.25, 0.3) is 0 Å². The molecular weight excluding hydrogens is 228 g/mol. The number of anilines is 1. The van der Waals surface area contributed by atoms with Gasteiger partial charge >= 0.3 is 0 Å². The number of nitrogens with one attached hydrogen (secondary N) is 1. The predicted octanol–water partition coefficient (Wildman–Crippen LogP) is 4.01. The highest BCUT2D eigenvalue weighted by Crippen LogP contribution is 2.20. The average molecular weight is 248 g/mol. The van der Waals surface area contributed by atoms with Crippen LogP contribution in [0.4, 0.5) is 5.69 Å². The Kier molecular flexibility index (Phi) is 5.93. The SMILES string of the molecule is CCSc1ccc(NCC(C#N)C(C)C)cc1. The molecule has 1 atom stereocenters. The smallest absolute Gasteiger partial charge is 0.0677 e. The van der Waals surface area contributed by atoms with Gasteiger partial charge in [-0.15, -0.1) is 11.8 Å². The minimum absolute atomic E-state index is 0.0692. The molecule has 0 radical (unpaired) electrons. The molecule has 0 bridgehead atoms. The van der Waals surface area contributed by atoms with Crippen LogP contribution < -0.4 is 5.32 Å². The van der Waals surface area contributed by atoms with Crippen molar-refractivity contribution >= 4 is 17.4 Å². The fourth-order valence-corrected chi connectivity index (χ4v) is 2.16. The first-order valence-corrected chi connectivity index (χ1v) is 7.02. The van der Waals surface area contributed by atoms with Gasteiger partial charge in [0.2, 0.25) is 0 Å². The van der Waals surface area contributed by atoms with Crippen molar-refractivity contribution < 1.29 is 0 Å². The summed E-state index contributed by atoms with van der Waals surface area (Å²) < 4.78 is 0. The van der Waals surface area contributed by atoms with E-state index >= 15 is 0 Å². The van der Waals surface area contributed by atoms with E-state index in [4.69, 9.17) is 5.26 Å². The minimum Gasteiger partial charge on any atom is -0.384 e. The van der Waals surface area contributed by atoms with Gasteiger partial charge < -0.3 is 5.32 Å². The third-order valence-corrected chi connectivity index (χ3v) is 3.56. The normalized spacial score (nSPS) is 12.2. The van der Waals surface area contributed by atoms with E-state index in [1.807, 2.05) is 11.8 Å². The Hall–Kier alpha value is -1.14. The maximum absolute atomic E-state index is 9.00. The van der Waals surface area contributed by atoms with Crippen LogP contribution in [0.2, 0.25) is 0 Å². The van der Waals surface area contributed by atoms with E-state index in [1.54, 1.807) is 0 Å². The molecule has 1 aromatic rings. The molecule has 0 amide bonds. The predicted molar refractivity (Wildman–Crippen MR) is 75.3 cm³/mol. The summed E-state index contributed by atoms with van der Waals surface area (Å²) >= 11 is 1.84. The molecule has 0 saturated carbocycles. The zero-order valence-electron chi connectivity index (χ0n) is 10.7. The van der Waals surface area contributed by atoms with Gasteiger partial charge in [-0.05, 0) is 35.9 Å². The molecule has 0 heterocycles. The molecule has 1 rings (SSSR count). The number of nitriles is 1. The van der Waals surface area contributed by atoms with Crippen molar-refractivity contribution in [1.82, 2.24) is 0 Å². The Morgan fingerprint density at radius 1 is 1.29 bits per heavy atom. The second-order valence-corrected chi connectivity index (χ2v) is 5.66. The number of hydrogen-bond donors (Lipinski definition) is 1. The second-order valence-electron chi connectivity index (χ2n) is 4.32. The molecule has 1 N–H and O–H groups in total. The van der Waals surface area contributed by atoms with Gasteiger partial charge in [-0.25, -0.2) is 0 Å². The number of rotatable bonds is 6. The standard InChI is InChI=1S/C14H20N2S/c1-4-17-14-7-5-13(6-8-14)16-10-12(9-15)11(2)3/h5-8,11-12,16H,4,10H2,1-3H3. The Morgan fingerprint density at radius 3 is 2.41 bits per heavy atom. The van der Waals surface area contributed by atoms with Gasteiger partial charge in [0, 0.05) is 17.1 Å². The summed E-state index contributed by atoms with van der Waals surface area (Å²) in [5.74, 6) is 1.55. The van der Waals surface area contributed by atoms with E-state index in [-0.39, 0.29) is 5.92 Å². The lowest BCUT2D eigenvalue weighted by molar-refractivity contribution is 0.496. The van der Waals surface area contributed by atoms with Crippen LogP contribution >= 0.6 is 11.8 Å². The van der Waals surface area contributed by atoms with Gasteiger partial charge in [0.15, 0.2) is 0 Å². The first-order valence-electron chi connectivity index (χ1n) is 6.03.